The van der Waals surface area contributed by atoms with Crippen molar-refractivity contribution in [1.82, 2.24) is 30.1 Å². The van der Waals surface area contributed by atoms with E-state index in [2.05, 4.69) is 48.0 Å². The quantitative estimate of drug-likeness (QED) is 0.424. The van der Waals surface area contributed by atoms with E-state index in [-0.39, 0.29) is 6.54 Å². The summed E-state index contributed by atoms with van der Waals surface area (Å²) in [6.45, 7) is 2.05. The van der Waals surface area contributed by atoms with E-state index in [1.807, 2.05) is 18.2 Å². The second kappa shape index (κ2) is 8.37. The van der Waals surface area contributed by atoms with Gasteiger partial charge in [0, 0.05) is 37.1 Å². The van der Waals surface area contributed by atoms with Crippen LogP contribution in [0.15, 0.2) is 36.7 Å². The number of fused-ring (bicyclic) bond motifs is 3. The highest BCUT2D eigenvalue weighted by Crippen LogP contribution is 2.36. The number of aromatic nitrogens is 5. The maximum atomic E-state index is 9.16. The molecule has 2 unspecified atom stereocenters. The largest absolute Gasteiger partial charge is 0.372 e. The summed E-state index contributed by atoms with van der Waals surface area (Å²) in [5.74, 6) is 0. The lowest BCUT2D eigenvalue weighted by Gasteiger charge is -2.32. The molecule has 6 heterocycles. The van der Waals surface area contributed by atoms with Gasteiger partial charge in [-0.25, -0.2) is 4.52 Å². The Hall–Kier alpha value is -4.06. The van der Waals surface area contributed by atoms with Gasteiger partial charge in [0.2, 0.25) is 5.13 Å². The molecule has 2 aliphatic heterocycles. The van der Waals surface area contributed by atoms with Gasteiger partial charge >= 0.3 is 0 Å². The monoisotopic (exact) mass is 468 g/mol. The number of rotatable bonds is 5. The van der Waals surface area contributed by atoms with Crippen molar-refractivity contribution < 1.29 is 0 Å². The normalized spacial score (nSPS) is 19.2. The molecule has 0 aliphatic carbocycles. The molecule has 4 aromatic heterocycles. The molecule has 4 aromatic rings. The highest BCUT2D eigenvalue weighted by molar-refractivity contribution is 7.18. The Kier molecular flexibility index (Phi) is 5.06. The Morgan fingerprint density at radius 2 is 1.97 bits per heavy atom. The van der Waals surface area contributed by atoms with Crippen molar-refractivity contribution in [2.45, 2.75) is 24.9 Å². The molecule has 0 radical (unpaired) electrons. The Morgan fingerprint density at radius 1 is 1.12 bits per heavy atom. The molecule has 0 aromatic carbocycles. The fourth-order valence-corrected chi connectivity index (χ4v) is 5.59. The van der Waals surface area contributed by atoms with Crippen molar-refractivity contribution in [2.75, 3.05) is 29.9 Å². The van der Waals surface area contributed by atoms with E-state index in [1.165, 1.54) is 19.0 Å². The SMILES string of the molecule is N#CCNc1cc(-c2ccc3cc(C#N)cnn23)ncc1-c1nnc(N2CC3CCC(C2)N3)s1. The fourth-order valence-electron chi connectivity index (χ4n) is 4.71. The second-order valence-electron chi connectivity index (χ2n) is 8.47. The Morgan fingerprint density at radius 3 is 2.76 bits per heavy atom. The molecule has 0 saturated carbocycles. The van der Waals surface area contributed by atoms with E-state index >= 15 is 0 Å². The summed E-state index contributed by atoms with van der Waals surface area (Å²) >= 11 is 1.55. The van der Waals surface area contributed by atoms with Gasteiger partial charge in [-0.1, -0.05) is 11.3 Å². The number of piperazine rings is 1. The lowest BCUT2D eigenvalue weighted by Crippen LogP contribution is -2.51. The number of hydrogen-bond donors (Lipinski definition) is 2. The minimum absolute atomic E-state index is 0.155. The molecule has 2 bridgehead atoms. The van der Waals surface area contributed by atoms with Crippen LogP contribution in [0.1, 0.15) is 18.4 Å². The summed E-state index contributed by atoms with van der Waals surface area (Å²) < 4.78 is 1.75. The fraction of sp³-hybridized carbons (Fsp3) is 0.304. The molecule has 34 heavy (non-hydrogen) atoms. The van der Waals surface area contributed by atoms with Crippen molar-refractivity contribution in [3.05, 3.63) is 42.2 Å². The highest BCUT2D eigenvalue weighted by atomic mass is 32.1. The first-order chi connectivity index (χ1) is 16.7. The standard InChI is InChI=1S/C23H20N10S/c24-5-6-26-19-8-20(21-4-3-17-7-14(9-25)10-28-33(17)21)27-11-18(19)22-30-31-23(34-22)32-12-15-1-2-16(13-32)29-15/h3-4,7-8,10-11,15-16,29H,1-2,6,12-13H2,(H,26,27). The van der Waals surface area contributed by atoms with Crippen LogP contribution in [0, 0.1) is 22.7 Å². The lowest BCUT2D eigenvalue weighted by molar-refractivity contribution is 0.465. The van der Waals surface area contributed by atoms with Gasteiger partial charge in [-0.15, -0.1) is 10.2 Å². The Bertz CT molecular complexity index is 1450. The van der Waals surface area contributed by atoms with Crippen LogP contribution in [-0.4, -0.2) is 56.5 Å². The van der Waals surface area contributed by atoms with Crippen molar-refractivity contribution in [2.24, 2.45) is 0 Å². The first-order valence-electron chi connectivity index (χ1n) is 11.1. The van der Waals surface area contributed by atoms with Gasteiger partial charge in [-0.2, -0.15) is 15.6 Å². The maximum Gasteiger partial charge on any atom is 0.208 e. The van der Waals surface area contributed by atoms with Crippen molar-refractivity contribution in [1.29, 1.82) is 10.5 Å². The molecular formula is C23H20N10S. The van der Waals surface area contributed by atoms with Crippen molar-refractivity contribution in [3.8, 4) is 34.1 Å². The van der Waals surface area contributed by atoms with E-state index in [0.717, 1.165) is 45.7 Å². The summed E-state index contributed by atoms with van der Waals surface area (Å²) in [4.78, 5) is 7.00. The first-order valence-corrected chi connectivity index (χ1v) is 11.9. The first kappa shape index (κ1) is 20.5. The third-order valence-corrected chi connectivity index (χ3v) is 7.30. The summed E-state index contributed by atoms with van der Waals surface area (Å²) in [6.07, 6.45) is 5.72. The predicted octanol–water partition coefficient (Wildman–Crippen LogP) is 2.66. The van der Waals surface area contributed by atoms with Gasteiger partial charge in [-0.3, -0.25) is 4.98 Å². The second-order valence-corrected chi connectivity index (χ2v) is 9.43. The zero-order valence-electron chi connectivity index (χ0n) is 18.1. The average molecular weight is 469 g/mol. The van der Waals surface area contributed by atoms with Gasteiger partial charge in [0.15, 0.2) is 5.01 Å². The van der Waals surface area contributed by atoms with Crippen molar-refractivity contribution in [3.63, 3.8) is 0 Å². The molecular weight excluding hydrogens is 448 g/mol. The maximum absolute atomic E-state index is 9.16. The molecule has 0 amide bonds. The van der Waals surface area contributed by atoms with Gasteiger partial charge in [0.05, 0.1) is 40.3 Å². The third kappa shape index (κ3) is 3.61. The number of anilines is 2. The van der Waals surface area contributed by atoms with Gasteiger partial charge in [-0.05, 0) is 37.1 Å². The summed E-state index contributed by atoms with van der Waals surface area (Å²) in [5.41, 5.74) is 4.37. The van der Waals surface area contributed by atoms with Crippen LogP contribution in [-0.2, 0) is 0 Å². The molecule has 2 N–H and O–H groups in total. The van der Waals surface area contributed by atoms with Crippen LogP contribution in [0.25, 0.3) is 27.5 Å². The van der Waals surface area contributed by atoms with Crippen LogP contribution >= 0.6 is 11.3 Å². The molecule has 11 heteroatoms. The minimum Gasteiger partial charge on any atom is -0.372 e. The zero-order chi connectivity index (χ0) is 23.1. The van der Waals surface area contributed by atoms with Gasteiger partial charge < -0.3 is 15.5 Å². The third-order valence-electron chi connectivity index (χ3n) is 6.29. The molecule has 10 nitrogen and oxygen atoms in total. The van der Waals surface area contributed by atoms with Gasteiger partial charge in [0.1, 0.15) is 12.6 Å². The molecule has 0 spiro atoms. The Labute approximate surface area is 199 Å². The number of pyridine rings is 1. The number of hydrogen-bond acceptors (Lipinski definition) is 10. The Balaban J connectivity index is 1.35. The van der Waals surface area contributed by atoms with Crippen molar-refractivity contribution >= 4 is 27.7 Å². The molecule has 2 atom stereocenters. The summed E-state index contributed by atoms with van der Waals surface area (Å²) in [6, 6.07) is 12.8. The number of nitrogens with zero attached hydrogens (tertiary/aromatic N) is 8. The molecule has 2 saturated heterocycles. The smallest absolute Gasteiger partial charge is 0.208 e. The summed E-state index contributed by atoms with van der Waals surface area (Å²) in [5, 5.41) is 40.1. The number of nitriles is 2. The van der Waals surface area contributed by atoms with E-state index < -0.39 is 0 Å². The molecule has 2 fully saturated rings. The zero-order valence-corrected chi connectivity index (χ0v) is 19.0. The van der Waals surface area contributed by atoms with E-state index in [0.29, 0.717) is 23.3 Å². The van der Waals surface area contributed by atoms with Crippen LogP contribution in [0.4, 0.5) is 10.8 Å². The minimum atomic E-state index is 0.155. The molecule has 2 aliphatic rings. The van der Waals surface area contributed by atoms with Crippen LogP contribution < -0.4 is 15.5 Å². The van der Waals surface area contributed by atoms with Gasteiger partial charge in [0.25, 0.3) is 0 Å². The lowest BCUT2D eigenvalue weighted by atomic mass is 10.2. The van der Waals surface area contributed by atoms with E-state index in [9.17, 15) is 0 Å². The molecule has 6 rings (SSSR count). The number of nitrogens with one attached hydrogen (secondary N) is 2. The summed E-state index contributed by atoms with van der Waals surface area (Å²) in [7, 11) is 0. The van der Waals surface area contributed by atoms with E-state index in [1.54, 1.807) is 28.1 Å². The average Bonchev–Trinajstić information content (AvgIpc) is 3.60. The van der Waals surface area contributed by atoms with Crippen LogP contribution in [0.2, 0.25) is 0 Å². The van der Waals surface area contributed by atoms with Crippen LogP contribution in [0.3, 0.4) is 0 Å². The topological polar surface area (TPSA) is 131 Å². The van der Waals surface area contributed by atoms with E-state index in [4.69, 9.17) is 10.5 Å². The highest BCUT2D eigenvalue weighted by Gasteiger charge is 2.33. The predicted molar refractivity (Wildman–Crippen MR) is 128 cm³/mol. The van der Waals surface area contributed by atoms with Crippen LogP contribution in [0.5, 0.6) is 0 Å². The molecule has 168 valence electrons.